The van der Waals surface area contributed by atoms with Gasteiger partial charge in [-0.1, -0.05) is 18.2 Å². The minimum absolute atomic E-state index is 0.0762. The second-order valence-corrected chi connectivity index (χ2v) is 5.69. The van der Waals surface area contributed by atoms with E-state index in [0.29, 0.717) is 12.5 Å². The standard InChI is InChI=1S/C16H23NO3/c1-12(20-14-7-5-4-6-8-14)11-16(2,15(18)19-3)17-13-9-10-13/h4-8,12-13,17H,9-11H2,1-3H3. The molecule has 0 spiro atoms. The molecule has 2 unspecified atom stereocenters. The second-order valence-electron chi connectivity index (χ2n) is 5.69. The lowest BCUT2D eigenvalue weighted by molar-refractivity contribution is -0.149. The van der Waals surface area contributed by atoms with Gasteiger partial charge in [-0.2, -0.15) is 0 Å². The van der Waals surface area contributed by atoms with E-state index in [4.69, 9.17) is 9.47 Å². The van der Waals surface area contributed by atoms with Gasteiger partial charge >= 0.3 is 5.97 Å². The number of carbonyl (C=O) groups is 1. The molecule has 1 N–H and O–H groups in total. The topological polar surface area (TPSA) is 47.6 Å². The summed E-state index contributed by atoms with van der Waals surface area (Å²) in [4.78, 5) is 12.0. The Hall–Kier alpha value is -1.55. The third-order valence-electron chi connectivity index (χ3n) is 3.51. The zero-order valence-electron chi connectivity index (χ0n) is 12.4. The van der Waals surface area contributed by atoms with Crippen LogP contribution in [-0.2, 0) is 9.53 Å². The molecular formula is C16H23NO3. The lowest BCUT2D eigenvalue weighted by Crippen LogP contribution is -2.53. The number of carbonyl (C=O) groups excluding carboxylic acids is 1. The van der Waals surface area contributed by atoms with Crippen molar-refractivity contribution in [3.63, 3.8) is 0 Å². The van der Waals surface area contributed by atoms with Gasteiger partial charge < -0.3 is 9.47 Å². The van der Waals surface area contributed by atoms with Crippen molar-refractivity contribution >= 4 is 5.97 Å². The van der Waals surface area contributed by atoms with Crippen LogP contribution >= 0.6 is 0 Å². The number of rotatable bonds is 7. The van der Waals surface area contributed by atoms with Crippen LogP contribution < -0.4 is 10.1 Å². The molecule has 20 heavy (non-hydrogen) atoms. The van der Waals surface area contributed by atoms with E-state index in [0.717, 1.165) is 18.6 Å². The van der Waals surface area contributed by atoms with E-state index in [1.165, 1.54) is 7.11 Å². The van der Waals surface area contributed by atoms with Crippen LogP contribution in [0.15, 0.2) is 30.3 Å². The normalized spacial score (nSPS) is 18.9. The van der Waals surface area contributed by atoms with E-state index in [1.54, 1.807) is 0 Å². The van der Waals surface area contributed by atoms with Gasteiger partial charge in [-0.05, 0) is 38.8 Å². The zero-order valence-corrected chi connectivity index (χ0v) is 12.4. The molecule has 2 rings (SSSR count). The van der Waals surface area contributed by atoms with Crippen molar-refractivity contribution in [2.45, 2.75) is 50.8 Å². The summed E-state index contributed by atoms with van der Waals surface area (Å²) in [6, 6.07) is 10.1. The van der Waals surface area contributed by atoms with Crippen molar-refractivity contribution in [1.29, 1.82) is 0 Å². The Bertz CT molecular complexity index is 444. The molecule has 1 fully saturated rings. The van der Waals surface area contributed by atoms with E-state index in [2.05, 4.69) is 5.32 Å². The van der Waals surface area contributed by atoms with Crippen molar-refractivity contribution < 1.29 is 14.3 Å². The third kappa shape index (κ3) is 3.97. The number of para-hydroxylation sites is 1. The molecule has 0 saturated heterocycles. The van der Waals surface area contributed by atoms with Gasteiger partial charge in [0.05, 0.1) is 13.2 Å². The quantitative estimate of drug-likeness (QED) is 0.778. The highest BCUT2D eigenvalue weighted by molar-refractivity contribution is 5.80. The maximum absolute atomic E-state index is 12.0. The van der Waals surface area contributed by atoms with Crippen molar-refractivity contribution in [2.24, 2.45) is 0 Å². The molecule has 1 aliphatic rings. The van der Waals surface area contributed by atoms with Crippen molar-refractivity contribution in [3.05, 3.63) is 30.3 Å². The Balaban J connectivity index is 1.97. The highest BCUT2D eigenvalue weighted by Gasteiger charge is 2.40. The van der Waals surface area contributed by atoms with E-state index in [9.17, 15) is 4.79 Å². The summed E-state index contributed by atoms with van der Waals surface area (Å²) in [6.07, 6.45) is 2.75. The van der Waals surface area contributed by atoms with E-state index in [-0.39, 0.29) is 12.1 Å². The average molecular weight is 277 g/mol. The highest BCUT2D eigenvalue weighted by Crippen LogP contribution is 2.26. The van der Waals surface area contributed by atoms with E-state index in [1.807, 2.05) is 44.2 Å². The first-order chi connectivity index (χ1) is 9.53. The summed E-state index contributed by atoms with van der Waals surface area (Å²) in [5.41, 5.74) is -0.690. The predicted molar refractivity (Wildman–Crippen MR) is 77.7 cm³/mol. The number of nitrogens with one attached hydrogen (secondary N) is 1. The summed E-state index contributed by atoms with van der Waals surface area (Å²) in [5.74, 6) is 0.589. The molecule has 4 heteroatoms. The number of hydrogen-bond donors (Lipinski definition) is 1. The second kappa shape index (κ2) is 6.27. The summed E-state index contributed by atoms with van der Waals surface area (Å²) < 4.78 is 10.8. The fraction of sp³-hybridized carbons (Fsp3) is 0.562. The summed E-state index contributed by atoms with van der Waals surface area (Å²) in [7, 11) is 1.43. The maximum Gasteiger partial charge on any atom is 0.325 e. The first-order valence-corrected chi connectivity index (χ1v) is 7.11. The fourth-order valence-electron chi connectivity index (χ4n) is 2.45. The number of methoxy groups -OCH3 is 1. The van der Waals surface area contributed by atoms with Gasteiger partial charge in [-0.25, -0.2) is 0 Å². The minimum atomic E-state index is -0.690. The van der Waals surface area contributed by atoms with E-state index < -0.39 is 5.54 Å². The van der Waals surface area contributed by atoms with Gasteiger partial charge in [-0.15, -0.1) is 0 Å². The summed E-state index contributed by atoms with van der Waals surface area (Å²) >= 11 is 0. The summed E-state index contributed by atoms with van der Waals surface area (Å²) in [6.45, 7) is 3.87. The molecular weight excluding hydrogens is 254 g/mol. The molecule has 1 saturated carbocycles. The fourth-order valence-corrected chi connectivity index (χ4v) is 2.45. The van der Waals surface area contributed by atoms with Gasteiger partial charge in [0.2, 0.25) is 0 Å². The van der Waals surface area contributed by atoms with Crippen LogP contribution in [0.1, 0.15) is 33.1 Å². The van der Waals surface area contributed by atoms with Crippen molar-refractivity contribution in [1.82, 2.24) is 5.32 Å². The Kier molecular flexibility index (Phi) is 4.65. The van der Waals surface area contributed by atoms with Crippen molar-refractivity contribution in [2.75, 3.05) is 7.11 Å². The van der Waals surface area contributed by atoms with Crippen molar-refractivity contribution in [3.8, 4) is 5.75 Å². The molecule has 0 radical (unpaired) electrons. The Labute approximate surface area is 120 Å². The molecule has 110 valence electrons. The van der Waals surface area contributed by atoms with Crippen LogP contribution in [0.4, 0.5) is 0 Å². The zero-order chi connectivity index (χ0) is 14.6. The van der Waals surface area contributed by atoms with Crippen LogP contribution in [0.5, 0.6) is 5.75 Å². The first kappa shape index (κ1) is 14.9. The molecule has 1 aromatic carbocycles. The highest BCUT2D eigenvalue weighted by atomic mass is 16.5. The van der Waals surface area contributed by atoms with Crippen LogP contribution in [0.2, 0.25) is 0 Å². The maximum atomic E-state index is 12.0. The van der Waals surface area contributed by atoms with Crippen LogP contribution in [0.3, 0.4) is 0 Å². The first-order valence-electron chi connectivity index (χ1n) is 7.11. The minimum Gasteiger partial charge on any atom is -0.491 e. The molecule has 0 aromatic heterocycles. The largest absolute Gasteiger partial charge is 0.491 e. The van der Waals surface area contributed by atoms with Crippen LogP contribution in [0.25, 0.3) is 0 Å². The summed E-state index contributed by atoms with van der Waals surface area (Å²) in [5, 5.41) is 3.38. The van der Waals surface area contributed by atoms with Gasteiger partial charge in [0, 0.05) is 12.5 Å². The Morgan fingerprint density at radius 2 is 2.05 bits per heavy atom. The number of hydrogen-bond acceptors (Lipinski definition) is 4. The van der Waals surface area contributed by atoms with Crippen LogP contribution in [-0.4, -0.2) is 30.8 Å². The molecule has 4 nitrogen and oxygen atoms in total. The number of esters is 1. The molecule has 1 aromatic rings. The molecule has 1 aliphatic carbocycles. The molecule has 2 atom stereocenters. The lowest BCUT2D eigenvalue weighted by atomic mass is 9.94. The number of benzene rings is 1. The SMILES string of the molecule is COC(=O)C(C)(CC(C)Oc1ccccc1)NC1CC1. The van der Waals surface area contributed by atoms with E-state index >= 15 is 0 Å². The lowest BCUT2D eigenvalue weighted by Gasteiger charge is -2.31. The molecule has 0 amide bonds. The monoisotopic (exact) mass is 277 g/mol. The third-order valence-corrected chi connectivity index (χ3v) is 3.51. The van der Waals surface area contributed by atoms with Crippen LogP contribution in [0, 0.1) is 0 Å². The molecule has 0 aliphatic heterocycles. The molecule has 0 heterocycles. The Morgan fingerprint density at radius 3 is 2.60 bits per heavy atom. The smallest absolute Gasteiger partial charge is 0.325 e. The van der Waals surface area contributed by atoms with Gasteiger partial charge in [-0.3, -0.25) is 10.1 Å². The number of ether oxygens (including phenoxy) is 2. The average Bonchev–Trinajstić information content (AvgIpc) is 3.22. The van der Waals surface area contributed by atoms with Gasteiger partial charge in [0.25, 0.3) is 0 Å². The predicted octanol–water partition coefficient (Wildman–Crippen LogP) is 2.53. The Morgan fingerprint density at radius 1 is 1.40 bits per heavy atom. The van der Waals surface area contributed by atoms with Gasteiger partial charge in [0.1, 0.15) is 11.3 Å². The van der Waals surface area contributed by atoms with Gasteiger partial charge in [0.15, 0.2) is 0 Å². The molecule has 0 bridgehead atoms.